The van der Waals surface area contributed by atoms with Gasteiger partial charge in [-0.25, -0.2) is 0 Å². The number of anilines is 1. The quantitative estimate of drug-likeness (QED) is 0.883. The van der Waals surface area contributed by atoms with Gasteiger partial charge in [-0.1, -0.05) is 6.92 Å². The van der Waals surface area contributed by atoms with E-state index < -0.39 is 0 Å². The van der Waals surface area contributed by atoms with Crippen molar-refractivity contribution in [1.82, 2.24) is 5.32 Å². The number of rotatable bonds is 5. The van der Waals surface area contributed by atoms with Crippen molar-refractivity contribution in [2.24, 2.45) is 0 Å². The van der Waals surface area contributed by atoms with Crippen LogP contribution in [0.4, 0.5) is 5.69 Å². The predicted octanol–water partition coefficient (Wildman–Crippen LogP) is 2.11. The van der Waals surface area contributed by atoms with E-state index >= 15 is 0 Å². The fourth-order valence-corrected chi connectivity index (χ4v) is 2.48. The summed E-state index contributed by atoms with van der Waals surface area (Å²) in [7, 11) is 1.65. The van der Waals surface area contributed by atoms with Gasteiger partial charge in [-0.2, -0.15) is 0 Å². The van der Waals surface area contributed by atoms with E-state index in [1.165, 1.54) is 0 Å². The van der Waals surface area contributed by atoms with Gasteiger partial charge < -0.3 is 15.0 Å². The molecule has 1 saturated heterocycles. The molecule has 0 radical (unpaired) electrons. The zero-order valence-corrected chi connectivity index (χ0v) is 11.9. The van der Waals surface area contributed by atoms with Gasteiger partial charge >= 0.3 is 0 Å². The lowest BCUT2D eigenvalue weighted by Gasteiger charge is -2.20. The monoisotopic (exact) mass is 262 g/mol. The van der Waals surface area contributed by atoms with Crippen molar-refractivity contribution in [1.29, 1.82) is 0 Å². The first-order chi connectivity index (χ1) is 9.17. The molecule has 0 aromatic heterocycles. The number of amides is 1. The summed E-state index contributed by atoms with van der Waals surface area (Å²) in [5.74, 6) is 1.01. The summed E-state index contributed by atoms with van der Waals surface area (Å²) < 4.78 is 5.20. The third-order valence-corrected chi connectivity index (χ3v) is 3.54. The second kappa shape index (κ2) is 6.06. The maximum absolute atomic E-state index is 12.4. The van der Waals surface area contributed by atoms with E-state index in [1.807, 2.05) is 30.0 Å². The molecule has 2 rings (SSSR count). The molecule has 1 fully saturated rings. The summed E-state index contributed by atoms with van der Waals surface area (Å²) in [6.07, 6.45) is 1.93. The number of hydrogen-bond donors (Lipinski definition) is 1. The molecule has 4 heteroatoms. The SMILES string of the molecule is CCCNC1CCN(c2ccc(OC)cc2C)C1=O. The van der Waals surface area contributed by atoms with Crippen LogP contribution < -0.4 is 15.0 Å². The molecule has 1 N–H and O–H groups in total. The second-order valence-corrected chi connectivity index (χ2v) is 4.94. The van der Waals surface area contributed by atoms with Crippen LogP contribution in [0.1, 0.15) is 25.3 Å². The molecule has 0 saturated carbocycles. The molecule has 0 aliphatic carbocycles. The topological polar surface area (TPSA) is 41.6 Å². The van der Waals surface area contributed by atoms with Gasteiger partial charge in [-0.05, 0) is 50.1 Å². The number of carbonyl (C=O) groups excluding carboxylic acids is 1. The van der Waals surface area contributed by atoms with Crippen LogP contribution in [-0.4, -0.2) is 32.1 Å². The average Bonchev–Trinajstić information content (AvgIpc) is 2.77. The van der Waals surface area contributed by atoms with Gasteiger partial charge in [0.15, 0.2) is 0 Å². The number of aryl methyl sites for hydroxylation is 1. The van der Waals surface area contributed by atoms with Crippen LogP contribution in [0.15, 0.2) is 18.2 Å². The fourth-order valence-electron chi connectivity index (χ4n) is 2.48. The Morgan fingerprint density at radius 1 is 1.47 bits per heavy atom. The van der Waals surface area contributed by atoms with Gasteiger partial charge in [0.25, 0.3) is 0 Å². The zero-order chi connectivity index (χ0) is 13.8. The smallest absolute Gasteiger partial charge is 0.244 e. The lowest BCUT2D eigenvalue weighted by molar-refractivity contribution is -0.118. The van der Waals surface area contributed by atoms with Gasteiger partial charge in [-0.3, -0.25) is 4.79 Å². The molecule has 0 spiro atoms. The Hall–Kier alpha value is -1.55. The highest BCUT2D eigenvalue weighted by molar-refractivity contribution is 6.00. The van der Waals surface area contributed by atoms with Crippen LogP contribution >= 0.6 is 0 Å². The summed E-state index contributed by atoms with van der Waals surface area (Å²) in [6, 6.07) is 5.81. The van der Waals surface area contributed by atoms with Crippen molar-refractivity contribution in [3.05, 3.63) is 23.8 Å². The Morgan fingerprint density at radius 2 is 2.26 bits per heavy atom. The highest BCUT2D eigenvalue weighted by atomic mass is 16.5. The molecule has 4 nitrogen and oxygen atoms in total. The van der Waals surface area contributed by atoms with Gasteiger partial charge in [-0.15, -0.1) is 0 Å². The first-order valence-corrected chi connectivity index (χ1v) is 6.86. The number of carbonyl (C=O) groups is 1. The normalized spacial score (nSPS) is 19.0. The largest absolute Gasteiger partial charge is 0.497 e. The lowest BCUT2D eigenvalue weighted by atomic mass is 10.1. The Labute approximate surface area is 114 Å². The van der Waals surface area contributed by atoms with Crippen molar-refractivity contribution in [3.63, 3.8) is 0 Å². The molecule has 1 heterocycles. The molecule has 1 aromatic rings. The minimum Gasteiger partial charge on any atom is -0.497 e. The fraction of sp³-hybridized carbons (Fsp3) is 0.533. The van der Waals surface area contributed by atoms with Gasteiger partial charge in [0, 0.05) is 12.2 Å². The maximum atomic E-state index is 12.4. The Kier molecular flexibility index (Phi) is 4.43. The van der Waals surface area contributed by atoms with Crippen LogP contribution in [0, 0.1) is 6.92 Å². The molecule has 1 aromatic carbocycles. The average molecular weight is 262 g/mol. The molecule has 1 aliphatic heterocycles. The number of benzene rings is 1. The summed E-state index contributed by atoms with van der Waals surface area (Å²) in [5, 5.41) is 3.31. The Balaban J connectivity index is 2.13. The van der Waals surface area contributed by atoms with Crippen molar-refractivity contribution >= 4 is 11.6 Å². The summed E-state index contributed by atoms with van der Waals surface area (Å²) in [4.78, 5) is 14.2. The van der Waals surface area contributed by atoms with Gasteiger partial charge in [0.2, 0.25) is 5.91 Å². The number of ether oxygens (including phenoxy) is 1. The second-order valence-electron chi connectivity index (χ2n) is 4.94. The van der Waals surface area contributed by atoms with Crippen LogP contribution in [0.2, 0.25) is 0 Å². The molecule has 1 aliphatic rings. The molecular formula is C15H22N2O2. The van der Waals surface area contributed by atoms with E-state index in [9.17, 15) is 4.79 Å². The maximum Gasteiger partial charge on any atom is 0.244 e. The van der Waals surface area contributed by atoms with Crippen LogP contribution in [0.5, 0.6) is 5.75 Å². The minimum atomic E-state index is -0.0264. The van der Waals surface area contributed by atoms with E-state index in [4.69, 9.17) is 4.74 Å². The van der Waals surface area contributed by atoms with Crippen molar-refractivity contribution < 1.29 is 9.53 Å². The summed E-state index contributed by atoms with van der Waals surface area (Å²) in [5.41, 5.74) is 2.07. The highest BCUT2D eigenvalue weighted by Crippen LogP contribution is 2.28. The zero-order valence-electron chi connectivity index (χ0n) is 11.9. The molecule has 104 valence electrons. The van der Waals surface area contributed by atoms with Crippen LogP contribution in [0.25, 0.3) is 0 Å². The van der Waals surface area contributed by atoms with Gasteiger partial charge in [0.05, 0.1) is 13.2 Å². The third kappa shape index (κ3) is 2.89. The minimum absolute atomic E-state index is 0.0264. The lowest BCUT2D eigenvalue weighted by Crippen LogP contribution is -2.38. The van der Waals surface area contributed by atoms with Crippen LogP contribution in [-0.2, 0) is 4.79 Å². The number of nitrogens with one attached hydrogen (secondary N) is 1. The number of hydrogen-bond acceptors (Lipinski definition) is 3. The molecule has 1 unspecified atom stereocenters. The summed E-state index contributed by atoms with van der Waals surface area (Å²) >= 11 is 0. The van der Waals surface area contributed by atoms with E-state index in [-0.39, 0.29) is 11.9 Å². The standard InChI is InChI=1S/C15H22N2O2/c1-4-8-16-13-7-9-17(15(13)18)14-6-5-12(19-3)10-11(14)2/h5-6,10,13,16H,4,7-9H2,1-3H3. The number of nitrogens with zero attached hydrogens (tertiary/aromatic N) is 1. The third-order valence-electron chi connectivity index (χ3n) is 3.54. The first-order valence-electron chi connectivity index (χ1n) is 6.86. The first kappa shape index (κ1) is 13.9. The van der Waals surface area contributed by atoms with Crippen LogP contribution in [0.3, 0.4) is 0 Å². The van der Waals surface area contributed by atoms with E-state index in [2.05, 4.69) is 12.2 Å². The Bertz CT molecular complexity index is 459. The van der Waals surface area contributed by atoms with E-state index in [0.29, 0.717) is 0 Å². The molecule has 19 heavy (non-hydrogen) atoms. The predicted molar refractivity (Wildman–Crippen MR) is 76.8 cm³/mol. The van der Waals surface area contributed by atoms with Crippen molar-refractivity contribution in [2.75, 3.05) is 25.1 Å². The highest BCUT2D eigenvalue weighted by Gasteiger charge is 2.32. The van der Waals surface area contributed by atoms with E-state index in [0.717, 1.165) is 42.9 Å². The number of methoxy groups -OCH3 is 1. The molecule has 0 bridgehead atoms. The van der Waals surface area contributed by atoms with Crippen molar-refractivity contribution in [2.45, 2.75) is 32.7 Å². The summed E-state index contributed by atoms with van der Waals surface area (Å²) in [6.45, 7) is 5.80. The molecular weight excluding hydrogens is 240 g/mol. The molecule has 1 atom stereocenters. The Morgan fingerprint density at radius 3 is 2.89 bits per heavy atom. The van der Waals surface area contributed by atoms with Crippen molar-refractivity contribution in [3.8, 4) is 5.75 Å². The van der Waals surface area contributed by atoms with Gasteiger partial charge in [0.1, 0.15) is 5.75 Å². The van der Waals surface area contributed by atoms with E-state index in [1.54, 1.807) is 7.11 Å². The molecule has 1 amide bonds.